The summed E-state index contributed by atoms with van der Waals surface area (Å²) in [5.41, 5.74) is -3.66. The molecule has 4 N–H and O–H groups in total. The molecule has 10 aliphatic rings. The van der Waals surface area contributed by atoms with E-state index in [2.05, 4.69) is 62.5 Å². The van der Waals surface area contributed by atoms with Gasteiger partial charge < -0.3 is 39.8 Å². The molecule has 0 radical (unpaired) electrons. The number of carbonyl (C=O) groups is 5. The zero-order valence-electron chi connectivity index (χ0n) is 40.3. The van der Waals surface area contributed by atoms with E-state index in [1.807, 2.05) is 18.7 Å². The van der Waals surface area contributed by atoms with Gasteiger partial charge in [0, 0.05) is 72.4 Å². The summed E-state index contributed by atoms with van der Waals surface area (Å²) in [6, 6.07) is 0.306. The maximum atomic E-state index is 14.7. The number of esters is 2. The molecule has 5 aliphatic carbocycles. The van der Waals surface area contributed by atoms with E-state index in [1.54, 1.807) is 10.9 Å². The molecule has 368 valence electrons. The number of unbranched alkanes of at least 4 members (excludes halogenated alkanes) is 2. The number of aliphatic hydroxyl groups is 2. The first-order valence-electron chi connectivity index (χ1n) is 25.5. The van der Waals surface area contributed by atoms with Crippen molar-refractivity contribution in [2.24, 2.45) is 81.3 Å². The molecule has 5 saturated heterocycles. The van der Waals surface area contributed by atoms with Gasteiger partial charge in [0.05, 0.1) is 30.4 Å². The fraction of sp³-hybridized carbons (Fsp3) is 0.860. The van der Waals surface area contributed by atoms with Crippen LogP contribution in [0.4, 0.5) is 0 Å². The van der Waals surface area contributed by atoms with Crippen molar-refractivity contribution < 1.29 is 53.1 Å². The lowest BCUT2D eigenvalue weighted by Gasteiger charge is -2.66. The molecule has 67 heavy (non-hydrogen) atoms. The largest absolute Gasteiger partial charge is 0.462 e. The Bertz CT molecular complexity index is 2240. The molecule has 1 aromatic rings. The first-order chi connectivity index (χ1) is 31.7. The Morgan fingerprint density at radius 1 is 0.970 bits per heavy atom. The minimum atomic E-state index is -1.96. The van der Waals surface area contributed by atoms with E-state index in [0.717, 1.165) is 25.0 Å². The van der Waals surface area contributed by atoms with Gasteiger partial charge in [-0.05, 0) is 92.3 Å². The van der Waals surface area contributed by atoms with Gasteiger partial charge in [-0.2, -0.15) is 11.8 Å². The van der Waals surface area contributed by atoms with Gasteiger partial charge in [-0.25, -0.2) is 4.79 Å². The summed E-state index contributed by atoms with van der Waals surface area (Å²) in [5.74, 6) is -3.29. The smallest absolute Gasteiger partial charge is 0.341 e. The number of nitrogens with zero attached hydrogens (tertiary/aromatic N) is 3. The Balaban J connectivity index is 0.772. The summed E-state index contributed by atoms with van der Waals surface area (Å²) in [6.07, 6.45) is 4.94. The van der Waals surface area contributed by atoms with Crippen LogP contribution in [0.5, 0.6) is 0 Å². The summed E-state index contributed by atoms with van der Waals surface area (Å²) < 4.78 is 27.2. The number of epoxide rings is 2. The summed E-state index contributed by atoms with van der Waals surface area (Å²) >= 11 is 1.94. The second kappa shape index (κ2) is 15.7. The van der Waals surface area contributed by atoms with Crippen LogP contribution in [0.2, 0.25) is 0 Å². The summed E-state index contributed by atoms with van der Waals surface area (Å²) in [7, 11) is 0. The number of carbonyl (C=O) groups excluding carboxylic acids is 5. The minimum Gasteiger partial charge on any atom is -0.462 e. The van der Waals surface area contributed by atoms with Crippen molar-refractivity contribution in [3.63, 3.8) is 0 Å². The van der Waals surface area contributed by atoms with Crippen molar-refractivity contribution >= 4 is 41.3 Å². The molecule has 23 atom stereocenters. The van der Waals surface area contributed by atoms with E-state index in [0.29, 0.717) is 61.6 Å². The van der Waals surface area contributed by atoms with Crippen LogP contribution in [0.1, 0.15) is 119 Å². The highest BCUT2D eigenvalue weighted by atomic mass is 32.2. The van der Waals surface area contributed by atoms with Crippen LogP contribution in [0.3, 0.4) is 0 Å². The number of ketones is 1. The monoisotopic (exact) mass is 949 g/mol. The van der Waals surface area contributed by atoms with Crippen LogP contribution < -0.4 is 10.6 Å². The molecule has 1 spiro atoms. The average molecular weight is 950 g/mol. The third-order valence-electron chi connectivity index (χ3n) is 21.2. The molecule has 16 nitrogen and oxygen atoms in total. The normalized spacial score (nSPS) is 51.5. The van der Waals surface area contributed by atoms with E-state index in [1.165, 1.54) is 6.92 Å². The van der Waals surface area contributed by atoms with Crippen molar-refractivity contribution in [3.05, 3.63) is 11.9 Å². The Labute approximate surface area is 397 Å². The number of rotatable bonds is 13. The molecule has 5 aliphatic heterocycles. The molecule has 2 amide bonds. The predicted octanol–water partition coefficient (Wildman–Crippen LogP) is 3.98. The number of aromatic nitrogens is 3. The van der Waals surface area contributed by atoms with Crippen LogP contribution in [0, 0.1) is 81.3 Å². The van der Waals surface area contributed by atoms with Gasteiger partial charge in [0.2, 0.25) is 17.6 Å². The number of hydrogen-bond donors (Lipinski definition) is 4. The van der Waals surface area contributed by atoms with Crippen molar-refractivity contribution in [1.29, 1.82) is 0 Å². The van der Waals surface area contributed by atoms with E-state index < -0.39 is 75.6 Å². The second-order valence-corrected chi connectivity index (χ2v) is 24.9. The van der Waals surface area contributed by atoms with Gasteiger partial charge in [0.25, 0.3) is 0 Å². The summed E-state index contributed by atoms with van der Waals surface area (Å²) in [5, 5.41) is 39.9. The zero-order chi connectivity index (χ0) is 47.5. The predicted molar refractivity (Wildman–Crippen MR) is 241 cm³/mol. The van der Waals surface area contributed by atoms with Crippen LogP contribution in [-0.4, -0.2) is 114 Å². The average Bonchev–Trinajstić information content (AvgIpc) is 3.99. The van der Waals surface area contributed by atoms with Crippen LogP contribution >= 0.6 is 11.8 Å². The lowest BCUT2D eigenvalue weighted by molar-refractivity contribution is -0.222. The number of hydrogen-bond acceptors (Lipinski definition) is 14. The van der Waals surface area contributed by atoms with Crippen LogP contribution in [0.15, 0.2) is 6.20 Å². The highest BCUT2D eigenvalue weighted by Gasteiger charge is 2.92. The molecule has 11 rings (SSSR count). The molecule has 1 aromatic heterocycles. The molecule has 5 saturated carbocycles. The third-order valence-corrected chi connectivity index (χ3v) is 22.7. The zero-order valence-corrected chi connectivity index (χ0v) is 41.1. The first kappa shape index (κ1) is 46.3. The lowest BCUT2D eigenvalue weighted by Crippen LogP contribution is -2.69. The molecule has 0 aromatic carbocycles. The Morgan fingerprint density at radius 2 is 1.73 bits per heavy atom. The summed E-state index contributed by atoms with van der Waals surface area (Å²) in [6.45, 7) is 17.5. The van der Waals surface area contributed by atoms with Crippen molar-refractivity contribution in [3.8, 4) is 0 Å². The molecule has 0 unspecified atom stereocenters. The Kier molecular flexibility index (Phi) is 10.8. The van der Waals surface area contributed by atoms with E-state index in [9.17, 15) is 34.2 Å². The maximum Gasteiger partial charge on any atom is 0.341 e. The third kappa shape index (κ3) is 6.33. The maximum absolute atomic E-state index is 14.7. The molecule has 17 heteroatoms. The highest BCUT2D eigenvalue weighted by molar-refractivity contribution is 8.00. The number of fused-ring (bicyclic) bond motifs is 10. The number of aliphatic hydroxyl groups excluding tert-OH is 1. The van der Waals surface area contributed by atoms with Gasteiger partial charge in [-0.3, -0.25) is 23.9 Å². The quantitative estimate of drug-likeness (QED) is 0.125. The second-order valence-electron chi connectivity index (χ2n) is 23.7. The number of Topliss-reactive ketones (excluding diaryl/α,β-unsaturated/α-hetero) is 1. The minimum absolute atomic E-state index is 0.0335. The van der Waals surface area contributed by atoms with Crippen molar-refractivity contribution in [2.45, 2.75) is 179 Å². The van der Waals surface area contributed by atoms with Gasteiger partial charge >= 0.3 is 11.9 Å². The van der Waals surface area contributed by atoms with Crippen molar-refractivity contribution in [2.75, 3.05) is 5.75 Å². The first-order valence-corrected chi connectivity index (χ1v) is 26.5. The van der Waals surface area contributed by atoms with E-state index >= 15 is 0 Å². The van der Waals surface area contributed by atoms with E-state index in [-0.39, 0.29) is 84.2 Å². The van der Waals surface area contributed by atoms with Gasteiger partial charge in [-0.15, -0.1) is 5.10 Å². The van der Waals surface area contributed by atoms with Gasteiger partial charge in [0.1, 0.15) is 24.0 Å². The fourth-order valence-corrected chi connectivity index (χ4v) is 19.0. The SMILES string of the molecule is C[C@H]1[C@H]2[C@@H]([C@H](OC(=O)CCCCn3cc(CNC(=O)CCCC[C@@H]4SC[C@@H]5NC(=O)C[C@@H]54)nn3)[C@H]3[C@H]4[C@H]([C@H](C)[C@H](C)[C@@]32C)[C@]2(C)[C@H](C[C@@H]3O[C@@H]3[C@@H]2C)C(=O)[C@@H]4O)[C@]2(C)[C@]3(OC(=O)[C@@]2(C)O)O[C@H]13. The highest BCUT2D eigenvalue weighted by Crippen LogP contribution is 2.82. The number of nitrogens with one attached hydrogen (secondary N) is 2. The molecule has 6 heterocycles. The Morgan fingerprint density at radius 3 is 2.51 bits per heavy atom. The topological polar surface area (TPSA) is 224 Å². The standard InChI is InChI=1S/C50H71N5O11S/c1-22-24(3)47(6)37-23(2)44-50(65-44)48(7,49(8,62)45(61)66-50)39(37)43(38(47)35-36(22)46(5)25(4)42-30(63-42)18-28(46)40(59)41(35)60)64-34(58)15-11-12-16-55-20-26(53-54-55)19-51-32(56)14-10-9-13-31-27-17-33(57)52-29(27)21-67-31/h20,22-25,27-31,35-39,41-44,60,62H,9-19,21H2,1-8H3,(H,51,56)(H,52,57)/t22-,23+,24+,25+,27+,28-,29+,30+,31+,35-,36+,37+,38-,39+,41-,42-,43-,44-,46+,47-,48+,49-,50+/m1/s1. The molecular formula is C50H71N5O11S. The van der Waals surface area contributed by atoms with Crippen molar-refractivity contribution in [1.82, 2.24) is 25.6 Å². The number of thioether (sulfide) groups is 1. The number of ether oxygens (including phenoxy) is 4. The number of amides is 2. The van der Waals surface area contributed by atoms with Crippen LogP contribution in [0.25, 0.3) is 0 Å². The number of aryl methyl sites for hydroxylation is 1. The molecule has 10 fully saturated rings. The summed E-state index contributed by atoms with van der Waals surface area (Å²) in [4.78, 5) is 67.2. The van der Waals surface area contributed by atoms with Crippen LogP contribution in [-0.2, 0) is 56.0 Å². The Hall–Kier alpha value is -3.12. The van der Waals surface area contributed by atoms with Gasteiger partial charge in [0.15, 0.2) is 11.4 Å². The lowest BCUT2D eigenvalue weighted by atomic mass is 9.37. The molecule has 0 bridgehead atoms. The molecular weight excluding hydrogens is 879 g/mol. The van der Waals surface area contributed by atoms with E-state index in [4.69, 9.17) is 18.9 Å². The fourth-order valence-electron chi connectivity index (χ4n) is 17.4. The van der Waals surface area contributed by atoms with Gasteiger partial charge in [-0.1, -0.05) is 53.2 Å².